The zero-order valence-electron chi connectivity index (χ0n) is 19.1. The van der Waals surface area contributed by atoms with E-state index >= 15 is 0 Å². The van der Waals surface area contributed by atoms with E-state index in [4.69, 9.17) is 12.2 Å². The monoisotopic (exact) mass is 476 g/mol. The number of halogens is 1. The maximum atomic E-state index is 12.4. The summed E-state index contributed by atoms with van der Waals surface area (Å²) in [6.45, 7) is 5.20. The van der Waals surface area contributed by atoms with Crippen molar-refractivity contribution in [2.75, 3.05) is 31.3 Å². The number of benzene rings is 2. The van der Waals surface area contributed by atoms with Crippen LogP contribution >= 0.6 is 24.6 Å². The molecule has 0 saturated heterocycles. The van der Waals surface area contributed by atoms with Gasteiger partial charge in [-0.1, -0.05) is 26.0 Å². The summed E-state index contributed by atoms with van der Waals surface area (Å²) < 4.78 is 0. The predicted octanol–water partition coefficient (Wildman–Crippen LogP) is 5.03. The molecule has 0 aliphatic heterocycles. The Morgan fingerprint density at radius 1 is 0.906 bits per heavy atom. The predicted molar refractivity (Wildman–Crippen MR) is 139 cm³/mol. The standard InChI is InChI=1S/C24H32N4O2S.ClH/c1-17(2)18-8-10-19(11-9-18)23(30)27-24(31)26-21-14-12-20(13-15-21)25-22(29)7-5-6-16-28(3)4;/h8-15,17H,5-7,16H2,1-4H3,(H,25,29)(H2,26,27,30,31);1H. The molecule has 0 aliphatic rings. The summed E-state index contributed by atoms with van der Waals surface area (Å²) in [5.41, 5.74) is 3.18. The van der Waals surface area contributed by atoms with E-state index in [0.29, 0.717) is 17.9 Å². The number of nitrogens with one attached hydrogen (secondary N) is 3. The van der Waals surface area contributed by atoms with Crippen LogP contribution < -0.4 is 16.0 Å². The van der Waals surface area contributed by atoms with E-state index in [9.17, 15) is 9.59 Å². The molecule has 0 fully saturated rings. The van der Waals surface area contributed by atoms with Crippen molar-refractivity contribution < 1.29 is 9.59 Å². The highest BCUT2D eigenvalue weighted by Crippen LogP contribution is 2.16. The minimum absolute atomic E-state index is 0. The number of rotatable bonds is 9. The van der Waals surface area contributed by atoms with Crippen molar-refractivity contribution in [1.82, 2.24) is 10.2 Å². The average molecular weight is 477 g/mol. The van der Waals surface area contributed by atoms with Crippen LogP contribution in [0.3, 0.4) is 0 Å². The van der Waals surface area contributed by atoms with Gasteiger partial charge in [-0.05, 0) is 93.6 Å². The molecule has 0 bridgehead atoms. The maximum absolute atomic E-state index is 12.4. The minimum Gasteiger partial charge on any atom is -0.332 e. The third-order valence-electron chi connectivity index (χ3n) is 4.75. The van der Waals surface area contributed by atoms with Gasteiger partial charge < -0.3 is 15.5 Å². The number of hydrogen-bond donors (Lipinski definition) is 3. The van der Waals surface area contributed by atoms with Crippen LogP contribution in [0.2, 0.25) is 0 Å². The van der Waals surface area contributed by atoms with E-state index in [1.54, 1.807) is 36.4 Å². The van der Waals surface area contributed by atoms with Gasteiger partial charge in [-0.3, -0.25) is 14.9 Å². The lowest BCUT2D eigenvalue weighted by Crippen LogP contribution is -2.34. The molecule has 2 rings (SSSR count). The Hall–Kier alpha value is -2.48. The number of carbonyl (C=O) groups excluding carboxylic acids is 2. The largest absolute Gasteiger partial charge is 0.332 e. The minimum atomic E-state index is -0.258. The Balaban J connectivity index is 0.00000512. The normalized spacial score (nSPS) is 10.4. The van der Waals surface area contributed by atoms with Gasteiger partial charge in [0.2, 0.25) is 5.91 Å². The van der Waals surface area contributed by atoms with E-state index in [2.05, 4.69) is 34.7 Å². The van der Waals surface area contributed by atoms with Crippen molar-refractivity contribution in [3.05, 3.63) is 59.7 Å². The summed E-state index contributed by atoms with van der Waals surface area (Å²) >= 11 is 5.24. The van der Waals surface area contributed by atoms with Crippen molar-refractivity contribution in [2.24, 2.45) is 0 Å². The van der Waals surface area contributed by atoms with Gasteiger partial charge in [0.05, 0.1) is 0 Å². The first kappa shape index (κ1) is 27.6. The van der Waals surface area contributed by atoms with E-state index in [1.807, 2.05) is 26.2 Å². The van der Waals surface area contributed by atoms with Crippen molar-refractivity contribution in [2.45, 2.75) is 39.0 Å². The first-order chi connectivity index (χ1) is 14.7. The molecule has 0 radical (unpaired) electrons. The van der Waals surface area contributed by atoms with Crippen LogP contribution in [0.5, 0.6) is 0 Å². The number of carbonyl (C=O) groups is 2. The molecule has 2 amide bonds. The third-order valence-corrected chi connectivity index (χ3v) is 4.96. The summed E-state index contributed by atoms with van der Waals surface area (Å²) in [7, 11) is 4.05. The van der Waals surface area contributed by atoms with Crippen molar-refractivity contribution in [3.63, 3.8) is 0 Å². The fraction of sp³-hybridized carbons (Fsp3) is 0.375. The second-order valence-corrected chi connectivity index (χ2v) is 8.48. The molecule has 32 heavy (non-hydrogen) atoms. The van der Waals surface area contributed by atoms with Gasteiger partial charge in [0.25, 0.3) is 5.91 Å². The maximum Gasteiger partial charge on any atom is 0.257 e. The Labute approximate surface area is 202 Å². The van der Waals surface area contributed by atoms with Gasteiger partial charge in [0.15, 0.2) is 5.11 Å². The van der Waals surface area contributed by atoms with Crippen LogP contribution in [0, 0.1) is 0 Å². The summed E-state index contributed by atoms with van der Waals surface area (Å²) in [5, 5.41) is 8.78. The lowest BCUT2D eigenvalue weighted by Gasteiger charge is -2.12. The first-order valence-corrected chi connectivity index (χ1v) is 10.9. The fourth-order valence-corrected chi connectivity index (χ4v) is 3.14. The first-order valence-electron chi connectivity index (χ1n) is 10.5. The molecule has 0 spiro atoms. The van der Waals surface area contributed by atoms with Crippen LogP contribution in [-0.2, 0) is 4.79 Å². The molecule has 0 atom stereocenters. The van der Waals surface area contributed by atoms with Crippen LogP contribution in [0.4, 0.5) is 11.4 Å². The van der Waals surface area contributed by atoms with Crippen molar-refractivity contribution in [3.8, 4) is 0 Å². The van der Waals surface area contributed by atoms with E-state index in [1.165, 1.54) is 5.56 Å². The highest BCUT2D eigenvalue weighted by molar-refractivity contribution is 7.80. The highest BCUT2D eigenvalue weighted by Gasteiger charge is 2.09. The quantitative estimate of drug-likeness (QED) is 0.349. The van der Waals surface area contributed by atoms with E-state index in [0.717, 1.165) is 30.8 Å². The number of amides is 2. The van der Waals surface area contributed by atoms with Gasteiger partial charge >= 0.3 is 0 Å². The van der Waals surface area contributed by atoms with Crippen LogP contribution in [0.15, 0.2) is 48.5 Å². The van der Waals surface area contributed by atoms with Gasteiger partial charge in [0.1, 0.15) is 0 Å². The molecular formula is C24H33ClN4O2S. The highest BCUT2D eigenvalue weighted by atomic mass is 35.5. The summed E-state index contributed by atoms with van der Waals surface area (Å²) in [6.07, 6.45) is 2.36. The molecule has 6 nitrogen and oxygen atoms in total. The number of nitrogens with zero attached hydrogens (tertiary/aromatic N) is 1. The van der Waals surface area contributed by atoms with Crippen molar-refractivity contribution >= 4 is 52.9 Å². The van der Waals surface area contributed by atoms with E-state index < -0.39 is 0 Å². The molecule has 0 heterocycles. The van der Waals surface area contributed by atoms with Gasteiger partial charge in [0, 0.05) is 23.4 Å². The lowest BCUT2D eigenvalue weighted by atomic mass is 10.0. The molecule has 0 aromatic heterocycles. The van der Waals surface area contributed by atoms with Gasteiger partial charge in [-0.25, -0.2) is 0 Å². The molecule has 8 heteroatoms. The van der Waals surface area contributed by atoms with Crippen LogP contribution in [0.25, 0.3) is 0 Å². The second-order valence-electron chi connectivity index (χ2n) is 8.07. The zero-order valence-corrected chi connectivity index (χ0v) is 20.7. The summed E-state index contributed by atoms with van der Waals surface area (Å²) in [4.78, 5) is 26.5. The number of thiocarbonyl (C=S) groups is 1. The number of hydrogen-bond acceptors (Lipinski definition) is 4. The smallest absolute Gasteiger partial charge is 0.257 e. The molecule has 174 valence electrons. The molecule has 2 aromatic carbocycles. The molecule has 3 N–H and O–H groups in total. The second kappa shape index (κ2) is 13.8. The SMILES string of the molecule is CC(C)c1ccc(C(=O)NC(=S)Nc2ccc(NC(=O)CCCCN(C)C)cc2)cc1.Cl. The summed E-state index contributed by atoms with van der Waals surface area (Å²) in [6, 6.07) is 14.7. The Morgan fingerprint density at radius 3 is 2.00 bits per heavy atom. The van der Waals surface area contributed by atoms with Crippen LogP contribution in [-0.4, -0.2) is 42.5 Å². The number of unbranched alkanes of at least 4 members (excludes halogenated alkanes) is 1. The molecule has 2 aromatic rings. The molecule has 0 unspecified atom stereocenters. The Morgan fingerprint density at radius 2 is 1.47 bits per heavy atom. The average Bonchev–Trinajstić information content (AvgIpc) is 2.72. The zero-order chi connectivity index (χ0) is 22.8. The molecule has 0 aliphatic carbocycles. The molecule has 0 saturated carbocycles. The van der Waals surface area contributed by atoms with Crippen molar-refractivity contribution in [1.29, 1.82) is 0 Å². The topological polar surface area (TPSA) is 73.5 Å². The molecular weight excluding hydrogens is 444 g/mol. The number of anilines is 2. The van der Waals surface area contributed by atoms with Crippen LogP contribution in [0.1, 0.15) is 54.9 Å². The summed E-state index contributed by atoms with van der Waals surface area (Å²) in [5.74, 6) is 0.160. The van der Waals surface area contributed by atoms with Gasteiger partial charge in [-0.2, -0.15) is 0 Å². The fourth-order valence-electron chi connectivity index (χ4n) is 2.93. The Kier molecular flexibility index (Phi) is 11.9. The van der Waals surface area contributed by atoms with E-state index in [-0.39, 0.29) is 29.3 Å². The van der Waals surface area contributed by atoms with Gasteiger partial charge in [-0.15, -0.1) is 12.4 Å². The third kappa shape index (κ3) is 9.77. The Bertz CT molecular complexity index is 884. The lowest BCUT2D eigenvalue weighted by molar-refractivity contribution is -0.116.